The van der Waals surface area contributed by atoms with E-state index in [1.807, 2.05) is 19.1 Å². The molecule has 1 aromatic carbocycles. The second kappa shape index (κ2) is 6.21. The third-order valence-electron chi connectivity index (χ3n) is 3.26. The molecule has 0 aromatic heterocycles. The van der Waals surface area contributed by atoms with Gasteiger partial charge in [0.2, 0.25) is 5.91 Å². The summed E-state index contributed by atoms with van der Waals surface area (Å²) in [7, 11) is 0. The van der Waals surface area contributed by atoms with E-state index in [1.54, 1.807) is 0 Å². The Hall–Kier alpha value is -1.06. The molecule has 1 atom stereocenters. The van der Waals surface area contributed by atoms with Crippen molar-refractivity contribution in [2.75, 3.05) is 13.1 Å². The van der Waals surface area contributed by atoms with Gasteiger partial charge in [0.25, 0.3) is 0 Å². The van der Waals surface area contributed by atoms with Crippen LogP contribution in [-0.2, 0) is 17.6 Å². The van der Waals surface area contributed by atoms with Crippen molar-refractivity contribution in [3.05, 3.63) is 34.3 Å². The maximum atomic E-state index is 11.3. The fraction of sp³-hybridized carbons (Fsp3) is 0.500. The van der Waals surface area contributed by atoms with Crippen molar-refractivity contribution in [1.29, 1.82) is 0 Å². The lowest BCUT2D eigenvalue weighted by Gasteiger charge is -2.11. The highest BCUT2D eigenvalue weighted by atomic mass is 35.5. The molecule has 2 N–H and O–H groups in total. The van der Waals surface area contributed by atoms with E-state index in [0.717, 1.165) is 24.4 Å². The molecule has 1 unspecified atom stereocenters. The maximum absolute atomic E-state index is 11.3. The molecule has 18 heavy (non-hydrogen) atoms. The number of rotatable bonds is 5. The number of carbonyl (C=O) groups is 1. The quantitative estimate of drug-likeness (QED) is 0.855. The maximum Gasteiger partial charge on any atom is 0.221 e. The first-order valence-corrected chi connectivity index (χ1v) is 6.84. The average Bonchev–Trinajstić information content (AvgIpc) is 2.71. The number of halogens is 1. The van der Waals surface area contributed by atoms with Gasteiger partial charge in [-0.1, -0.05) is 17.7 Å². The number of carbonyl (C=O) groups excluding carboxylic acids is 1. The molecule has 1 aromatic rings. The highest BCUT2D eigenvalue weighted by molar-refractivity contribution is 6.30. The van der Waals surface area contributed by atoms with Gasteiger partial charge in [-0.05, 0) is 43.0 Å². The van der Waals surface area contributed by atoms with E-state index in [0.29, 0.717) is 19.0 Å². The van der Waals surface area contributed by atoms with Gasteiger partial charge in [0.1, 0.15) is 0 Å². The third-order valence-corrected chi connectivity index (χ3v) is 3.50. The highest BCUT2D eigenvalue weighted by Gasteiger charge is 2.20. The van der Waals surface area contributed by atoms with E-state index in [2.05, 4.69) is 16.7 Å². The molecule has 1 aliphatic carbocycles. The summed E-state index contributed by atoms with van der Waals surface area (Å²) in [6.45, 7) is 3.37. The zero-order valence-corrected chi connectivity index (χ0v) is 11.4. The van der Waals surface area contributed by atoms with Crippen LogP contribution < -0.4 is 10.6 Å². The van der Waals surface area contributed by atoms with Crippen LogP contribution in [-0.4, -0.2) is 25.0 Å². The normalized spacial score (nSPS) is 17.6. The minimum atomic E-state index is 0.114. The smallest absolute Gasteiger partial charge is 0.221 e. The summed E-state index contributed by atoms with van der Waals surface area (Å²) in [5.41, 5.74) is 2.70. The number of benzene rings is 1. The Labute approximate surface area is 113 Å². The van der Waals surface area contributed by atoms with Gasteiger partial charge in [0.05, 0.1) is 0 Å². The number of amides is 1. The van der Waals surface area contributed by atoms with Gasteiger partial charge in [0, 0.05) is 30.6 Å². The van der Waals surface area contributed by atoms with Crippen molar-refractivity contribution < 1.29 is 4.79 Å². The average molecular weight is 267 g/mol. The van der Waals surface area contributed by atoms with Crippen LogP contribution in [0.2, 0.25) is 5.02 Å². The van der Waals surface area contributed by atoms with Crippen LogP contribution in [0.4, 0.5) is 0 Å². The van der Waals surface area contributed by atoms with Crippen molar-refractivity contribution in [3.63, 3.8) is 0 Å². The lowest BCUT2D eigenvalue weighted by molar-refractivity contribution is -0.120. The minimum Gasteiger partial charge on any atom is -0.356 e. The number of nitrogens with one attached hydrogen (secondary N) is 2. The predicted octanol–water partition coefficient (Wildman–Crippen LogP) is 1.92. The minimum absolute atomic E-state index is 0.114. The Balaban J connectivity index is 1.76. The summed E-state index contributed by atoms with van der Waals surface area (Å²) in [5, 5.41) is 7.04. The van der Waals surface area contributed by atoms with E-state index in [9.17, 15) is 4.79 Å². The molecule has 1 amide bonds. The SMILES string of the molecule is CCNC(=O)CCNC1Cc2ccc(Cl)cc2C1. The zero-order valence-electron chi connectivity index (χ0n) is 10.6. The molecular formula is C14H19ClN2O. The van der Waals surface area contributed by atoms with Crippen LogP contribution in [0.15, 0.2) is 18.2 Å². The Morgan fingerprint density at radius 1 is 1.39 bits per heavy atom. The Kier molecular flexibility index (Phi) is 4.61. The summed E-state index contributed by atoms with van der Waals surface area (Å²) in [5.74, 6) is 0.114. The molecule has 0 fully saturated rings. The molecule has 4 heteroatoms. The van der Waals surface area contributed by atoms with Gasteiger partial charge in [-0.15, -0.1) is 0 Å². The Morgan fingerprint density at radius 3 is 2.94 bits per heavy atom. The Bertz CT molecular complexity index is 434. The molecule has 0 saturated carbocycles. The molecule has 0 radical (unpaired) electrons. The predicted molar refractivity (Wildman–Crippen MR) is 74.0 cm³/mol. The lowest BCUT2D eigenvalue weighted by atomic mass is 10.1. The monoisotopic (exact) mass is 266 g/mol. The van der Waals surface area contributed by atoms with Crippen LogP contribution in [0.1, 0.15) is 24.5 Å². The van der Waals surface area contributed by atoms with Crippen molar-refractivity contribution >= 4 is 17.5 Å². The first-order valence-electron chi connectivity index (χ1n) is 6.46. The van der Waals surface area contributed by atoms with E-state index in [4.69, 9.17) is 11.6 Å². The van der Waals surface area contributed by atoms with Gasteiger partial charge in [-0.2, -0.15) is 0 Å². The number of fused-ring (bicyclic) bond motifs is 1. The summed E-state index contributed by atoms with van der Waals surface area (Å²) in [6, 6.07) is 6.52. The van der Waals surface area contributed by atoms with E-state index in [-0.39, 0.29) is 5.91 Å². The molecule has 0 heterocycles. The van der Waals surface area contributed by atoms with Gasteiger partial charge in [-0.3, -0.25) is 4.79 Å². The molecule has 0 spiro atoms. The van der Waals surface area contributed by atoms with Crippen LogP contribution in [0.5, 0.6) is 0 Å². The molecule has 0 bridgehead atoms. The molecule has 98 valence electrons. The van der Waals surface area contributed by atoms with Gasteiger partial charge in [0.15, 0.2) is 0 Å². The Morgan fingerprint density at radius 2 is 2.17 bits per heavy atom. The zero-order chi connectivity index (χ0) is 13.0. The van der Waals surface area contributed by atoms with Gasteiger partial charge < -0.3 is 10.6 Å². The molecule has 0 aliphatic heterocycles. The van der Waals surface area contributed by atoms with Crippen LogP contribution in [0.3, 0.4) is 0 Å². The highest BCUT2D eigenvalue weighted by Crippen LogP contribution is 2.25. The first kappa shape index (κ1) is 13.4. The van der Waals surface area contributed by atoms with E-state index >= 15 is 0 Å². The van der Waals surface area contributed by atoms with E-state index in [1.165, 1.54) is 11.1 Å². The number of hydrogen-bond acceptors (Lipinski definition) is 2. The molecular weight excluding hydrogens is 248 g/mol. The summed E-state index contributed by atoms with van der Waals surface area (Å²) < 4.78 is 0. The second-order valence-electron chi connectivity index (χ2n) is 4.68. The van der Waals surface area contributed by atoms with Crippen molar-refractivity contribution in [2.24, 2.45) is 0 Å². The summed E-state index contributed by atoms with van der Waals surface area (Å²) in [4.78, 5) is 11.3. The topological polar surface area (TPSA) is 41.1 Å². The molecule has 2 rings (SSSR count). The molecule has 1 aliphatic rings. The van der Waals surface area contributed by atoms with Crippen LogP contribution in [0, 0.1) is 0 Å². The van der Waals surface area contributed by atoms with Crippen LogP contribution >= 0.6 is 11.6 Å². The van der Waals surface area contributed by atoms with Crippen molar-refractivity contribution in [1.82, 2.24) is 10.6 Å². The molecule has 3 nitrogen and oxygen atoms in total. The summed E-state index contributed by atoms with van der Waals surface area (Å²) in [6.07, 6.45) is 2.58. The van der Waals surface area contributed by atoms with Gasteiger partial charge >= 0.3 is 0 Å². The van der Waals surface area contributed by atoms with Crippen molar-refractivity contribution in [3.8, 4) is 0 Å². The third kappa shape index (κ3) is 3.47. The largest absolute Gasteiger partial charge is 0.356 e. The van der Waals surface area contributed by atoms with E-state index < -0.39 is 0 Å². The second-order valence-corrected chi connectivity index (χ2v) is 5.11. The summed E-state index contributed by atoms with van der Waals surface area (Å²) >= 11 is 5.98. The standard InChI is InChI=1S/C14H19ClN2O/c1-2-16-14(18)5-6-17-13-8-10-3-4-12(15)7-11(10)9-13/h3-4,7,13,17H,2,5-6,8-9H2,1H3,(H,16,18). The van der Waals surface area contributed by atoms with Gasteiger partial charge in [-0.25, -0.2) is 0 Å². The van der Waals surface area contributed by atoms with Crippen LogP contribution in [0.25, 0.3) is 0 Å². The fourth-order valence-electron chi connectivity index (χ4n) is 2.41. The first-order chi connectivity index (χ1) is 8.69. The van der Waals surface area contributed by atoms with Crippen molar-refractivity contribution in [2.45, 2.75) is 32.2 Å². The lowest BCUT2D eigenvalue weighted by Crippen LogP contribution is -2.33. The molecule has 0 saturated heterocycles. The fourth-order valence-corrected chi connectivity index (χ4v) is 2.60. The number of hydrogen-bond donors (Lipinski definition) is 2.